The predicted octanol–water partition coefficient (Wildman–Crippen LogP) is 7.81. The first-order valence-corrected chi connectivity index (χ1v) is 15.6. The van der Waals surface area contributed by atoms with E-state index in [2.05, 4.69) is 114 Å². The van der Waals surface area contributed by atoms with Gasteiger partial charge in [0.05, 0.1) is 11.7 Å². The Morgan fingerprint density at radius 1 is 0.500 bits per heavy atom. The van der Waals surface area contributed by atoms with Crippen LogP contribution in [0.1, 0.15) is 0 Å². The Kier molecular flexibility index (Phi) is 6.20. The van der Waals surface area contributed by atoms with Crippen LogP contribution in [0.2, 0.25) is 0 Å². The van der Waals surface area contributed by atoms with Gasteiger partial charge >= 0.3 is 0 Å². The second kappa shape index (κ2) is 10.8. The zero-order valence-electron chi connectivity index (χ0n) is 25.0. The van der Waals surface area contributed by atoms with E-state index in [1.54, 1.807) is 0 Å². The summed E-state index contributed by atoms with van der Waals surface area (Å²) in [6.45, 7) is -0.103. The lowest BCUT2D eigenvalue weighted by molar-refractivity contribution is 1.14. The van der Waals surface area contributed by atoms with Gasteiger partial charge in [0.15, 0.2) is 5.82 Å². The molecule has 5 heteroatoms. The number of benzene rings is 6. The number of anilines is 3. The van der Waals surface area contributed by atoms with Crippen molar-refractivity contribution in [2.45, 2.75) is 0 Å². The molecule has 0 aliphatic carbocycles. The molecular formula is C41H27BN4. The van der Waals surface area contributed by atoms with Crippen molar-refractivity contribution in [3.8, 4) is 22.3 Å². The Labute approximate surface area is 267 Å². The summed E-state index contributed by atoms with van der Waals surface area (Å²) in [5.74, 6) is 0.766. The third-order valence-corrected chi connectivity index (χ3v) is 9.08. The predicted molar refractivity (Wildman–Crippen MR) is 191 cm³/mol. The molecule has 0 saturated carbocycles. The molecule has 46 heavy (non-hydrogen) atoms. The monoisotopic (exact) mass is 586 g/mol. The van der Waals surface area contributed by atoms with Crippen molar-refractivity contribution in [1.29, 1.82) is 0 Å². The maximum absolute atomic E-state index is 5.16. The number of rotatable bonds is 5. The molecular weight excluding hydrogens is 559 g/mol. The van der Waals surface area contributed by atoms with Gasteiger partial charge in [0.2, 0.25) is 0 Å². The van der Waals surface area contributed by atoms with Crippen LogP contribution < -0.4 is 21.4 Å². The fourth-order valence-corrected chi connectivity index (χ4v) is 7.04. The first kappa shape index (κ1) is 26.3. The number of hydrogen-bond donors (Lipinski definition) is 0. The number of nitrogens with zero attached hydrogens (tertiary/aromatic N) is 4. The maximum atomic E-state index is 5.16. The molecule has 0 unspecified atom stereocenters. The van der Waals surface area contributed by atoms with Gasteiger partial charge in [-0.3, -0.25) is 14.9 Å². The van der Waals surface area contributed by atoms with Gasteiger partial charge in [-0.2, -0.15) is 0 Å². The zero-order valence-corrected chi connectivity index (χ0v) is 25.0. The van der Waals surface area contributed by atoms with Gasteiger partial charge in [0.25, 0.3) is 6.71 Å². The van der Waals surface area contributed by atoms with Gasteiger partial charge < -0.3 is 0 Å². The minimum atomic E-state index is -0.103. The Morgan fingerprint density at radius 2 is 1.24 bits per heavy atom. The smallest absolute Gasteiger partial charge is 0.268 e. The van der Waals surface area contributed by atoms with Crippen LogP contribution in [-0.4, -0.2) is 21.7 Å². The Bertz CT molecular complexity index is 2320. The highest BCUT2D eigenvalue weighted by Crippen LogP contribution is 2.35. The summed E-state index contributed by atoms with van der Waals surface area (Å²) in [5.41, 5.74) is 11.2. The number of hydrogen-bond acceptors (Lipinski definition) is 4. The molecule has 0 fully saturated rings. The molecule has 0 radical (unpaired) electrons. The summed E-state index contributed by atoms with van der Waals surface area (Å²) in [5, 5.41) is 3.66. The van der Waals surface area contributed by atoms with Crippen LogP contribution in [-0.2, 0) is 0 Å². The molecule has 0 bridgehead atoms. The minimum absolute atomic E-state index is 0.103. The molecule has 0 N–H and O–H groups in total. The van der Waals surface area contributed by atoms with E-state index >= 15 is 0 Å². The van der Waals surface area contributed by atoms with Crippen molar-refractivity contribution in [3.63, 3.8) is 0 Å². The van der Waals surface area contributed by atoms with Crippen molar-refractivity contribution >= 4 is 62.1 Å². The number of pyridine rings is 1. The molecule has 214 valence electrons. The third-order valence-electron chi connectivity index (χ3n) is 9.08. The fourth-order valence-electron chi connectivity index (χ4n) is 7.04. The number of fused-ring (bicyclic) bond motifs is 3. The highest BCUT2D eigenvalue weighted by Gasteiger charge is 2.34. The molecule has 8 aromatic rings. The largest absolute Gasteiger partial charge is 0.294 e. The molecule has 6 aromatic carbocycles. The van der Waals surface area contributed by atoms with Gasteiger partial charge in [-0.15, -0.1) is 0 Å². The number of aromatic nitrogens is 3. The van der Waals surface area contributed by atoms with E-state index in [0.29, 0.717) is 0 Å². The van der Waals surface area contributed by atoms with Crippen LogP contribution >= 0.6 is 0 Å². The van der Waals surface area contributed by atoms with Gasteiger partial charge in [-0.1, -0.05) is 120 Å². The normalized spacial score (nSPS) is 11.9. The summed E-state index contributed by atoms with van der Waals surface area (Å²) in [6.07, 6.45) is 5.77. The Balaban J connectivity index is 1.23. The van der Waals surface area contributed by atoms with E-state index in [4.69, 9.17) is 15.0 Å². The van der Waals surface area contributed by atoms with Crippen LogP contribution in [0.5, 0.6) is 0 Å². The summed E-state index contributed by atoms with van der Waals surface area (Å²) in [7, 11) is 0. The molecule has 9 rings (SSSR count). The molecule has 0 saturated heterocycles. The summed E-state index contributed by atoms with van der Waals surface area (Å²) in [6, 6.07) is 51.2. The second-order valence-corrected chi connectivity index (χ2v) is 11.7. The molecule has 0 atom stereocenters. The summed E-state index contributed by atoms with van der Waals surface area (Å²) in [4.78, 5) is 17.1. The molecule has 3 heterocycles. The summed E-state index contributed by atoms with van der Waals surface area (Å²) >= 11 is 0. The quantitative estimate of drug-likeness (QED) is 0.193. The fraction of sp³-hybridized carbons (Fsp3) is 0. The molecule has 0 spiro atoms. The van der Waals surface area contributed by atoms with Crippen molar-refractivity contribution in [3.05, 3.63) is 164 Å². The van der Waals surface area contributed by atoms with Gasteiger partial charge in [-0.25, -0.2) is 4.98 Å². The first-order valence-electron chi connectivity index (χ1n) is 15.6. The van der Waals surface area contributed by atoms with E-state index in [0.717, 1.165) is 28.3 Å². The van der Waals surface area contributed by atoms with Crippen LogP contribution in [0.4, 0.5) is 17.2 Å². The third kappa shape index (κ3) is 4.28. The van der Waals surface area contributed by atoms with E-state index < -0.39 is 0 Å². The molecule has 4 nitrogen and oxygen atoms in total. The highest BCUT2D eigenvalue weighted by atomic mass is 15.2. The van der Waals surface area contributed by atoms with Crippen molar-refractivity contribution < 1.29 is 0 Å². The van der Waals surface area contributed by atoms with E-state index in [1.807, 2.05) is 55.0 Å². The Hall–Kier alpha value is -6.07. The van der Waals surface area contributed by atoms with E-state index in [-0.39, 0.29) is 6.71 Å². The van der Waals surface area contributed by atoms with Gasteiger partial charge in [0, 0.05) is 34.7 Å². The Morgan fingerprint density at radius 3 is 2.02 bits per heavy atom. The summed E-state index contributed by atoms with van der Waals surface area (Å²) < 4.78 is 0. The minimum Gasteiger partial charge on any atom is -0.294 e. The van der Waals surface area contributed by atoms with Crippen LogP contribution in [0.15, 0.2) is 164 Å². The van der Waals surface area contributed by atoms with Gasteiger partial charge in [0.1, 0.15) is 0 Å². The molecule has 0 amide bonds. The molecule has 1 aliphatic heterocycles. The topological polar surface area (TPSA) is 41.9 Å². The zero-order chi connectivity index (χ0) is 30.5. The van der Waals surface area contributed by atoms with Crippen LogP contribution in [0.3, 0.4) is 0 Å². The van der Waals surface area contributed by atoms with Crippen molar-refractivity contribution in [2.24, 2.45) is 0 Å². The standard InChI is InChI=1S/C41H27BN4/c1-3-13-30(14-4-1)46(31-15-5-2-6-16-31)40-27-44-39(26-45-40)42-36-19-10-20-38-41(36)35(23-24-43-38)34-22-21-29(25-37(34)42)33-18-9-12-28-11-7-8-17-32(28)33/h1-27H. The lowest BCUT2D eigenvalue weighted by atomic mass is 9.35. The lowest BCUT2D eigenvalue weighted by Crippen LogP contribution is -2.56. The molecule has 1 aliphatic rings. The van der Waals surface area contributed by atoms with Crippen molar-refractivity contribution in [1.82, 2.24) is 15.0 Å². The highest BCUT2D eigenvalue weighted by molar-refractivity contribution is 6.98. The van der Waals surface area contributed by atoms with Crippen molar-refractivity contribution in [2.75, 3.05) is 4.90 Å². The first-order chi connectivity index (χ1) is 22.8. The van der Waals surface area contributed by atoms with Gasteiger partial charge in [-0.05, 0) is 69.4 Å². The maximum Gasteiger partial charge on any atom is 0.268 e. The van der Waals surface area contributed by atoms with E-state index in [9.17, 15) is 0 Å². The lowest BCUT2D eigenvalue weighted by Gasteiger charge is -2.28. The molecule has 2 aromatic heterocycles. The van der Waals surface area contributed by atoms with E-state index in [1.165, 1.54) is 49.3 Å². The second-order valence-electron chi connectivity index (χ2n) is 11.7. The van der Waals surface area contributed by atoms with Crippen LogP contribution in [0, 0.1) is 0 Å². The average molecular weight is 587 g/mol. The SMILES string of the molecule is c1ccc(N(c2ccccc2)c2cnc(B3c4cc(-c5cccc6ccccc56)ccc4-c4ccnc5cccc3c45)cn2)cc1. The average Bonchev–Trinajstić information content (AvgIpc) is 3.13. The van der Waals surface area contributed by atoms with Crippen LogP contribution in [0.25, 0.3) is 43.9 Å². The number of para-hydroxylation sites is 2.